The number of rotatable bonds is 6. The van der Waals surface area contributed by atoms with Crippen molar-refractivity contribution in [1.82, 2.24) is 0 Å². The fourth-order valence-corrected chi connectivity index (χ4v) is 3.45. The van der Waals surface area contributed by atoms with Gasteiger partial charge in [-0.3, -0.25) is 9.59 Å². The van der Waals surface area contributed by atoms with Gasteiger partial charge in [-0.15, -0.1) is 0 Å². The Labute approximate surface area is 130 Å². The molecule has 5 heteroatoms. The molecule has 1 fully saturated rings. The number of fused-ring (bicyclic) bond motifs is 1. The van der Waals surface area contributed by atoms with E-state index in [0.717, 1.165) is 12.0 Å². The van der Waals surface area contributed by atoms with Crippen molar-refractivity contribution in [2.75, 3.05) is 6.61 Å². The van der Waals surface area contributed by atoms with Crippen molar-refractivity contribution in [3.05, 3.63) is 23.3 Å². The normalized spacial score (nSPS) is 34.7. The monoisotopic (exact) mass is 308 g/mol. The van der Waals surface area contributed by atoms with Crippen LogP contribution in [0.4, 0.5) is 0 Å². The summed E-state index contributed by atoms with van der Waals surface area (Å²) in [7, 11) is 0. The summed E-state index contributed by atoms with van der Waals surface area (Å²) in [6, 6.07) is 0. The fraction of sp³-hybridized carbons (Fsp3) is 0.647. The predicted octanol–water partition coefficient (Wildman–Crippen LogP) is 1.68. The summed E-state index contributed by atoms with van der Waals surface area (Å²) in [6.07, 6.45) is 5.86. The number of carbonyl (C=O) groups excluding carboxylic acids is 2. The number of carbonyl (C=O) groups is 2. The summed E-state index contributed by atoms with van der Waals surface area (Å²) in [5.41, 5.74) is -1.28. The van der Waals surface area contributed by atoms with E-state index in [1.165, 1.54) is 6.08 Å². The second-order valence-corrected chi connectivity index (χ2v) is 6.52. The van der Waals surface area contributed by atoms with Crippen LogP contribution in [0.1, 0.15) is 46.5 Å². The Morgan fingerprint density at radius 3 is 2.77 bits per heavy atom. The minimum absolute atomic E-state index is 0.154. The Morgan fingerprint density at radius 2 is 2.14 bits per heavy atom. The highest BCUT2D eigenvalue weighted by molar-refractivity contribution is 6.08. The first-order valence-electron chi connectivity index (χ1n) is 7.70. The van der Waals surface area contributed by atoms with E-state index in [1.807, 2.05) is 13.0 Å². The topological polar surface area (TPSA) is 83.8 Å². The SMILES string of the molecule is CC1=CC(=O)[C@]2(O)[C@H]1C(=O)O[C@]2(C)CC/C=C(\C)CCCO. The average Bonchev–Trinajstić information content (AvgIpc) is 2.79. The molecule has 0 aromatic carbocycles. The maximum absolute atomic E-state index is 12.2. The zero-order valence-electron chi connectivity index (χ0n) is 13.4. The van der Waals surface area contributed by atoms with Crippen molar-refractivity contribution in [3.8, 4) is 0 Å². The molecule has 0 aromatic heterocycles. The van der Waals surface area contributed by atoms with E-state index in [1.54, 1.807) is 13.8 Å². The van der Waals surface area contributed by atoms with Gasteiger partial charge < -0.3 is 14.9 Å². The molecule has 0 saturated carbocycles. The van der Waals surface area contributed by atoms with Gasteiger partial charge in [0.05, 0.1) is 0 Å². The number of ether oxygens (including phenoxy) is 1. The molecule has 2 N–H and O–H groups in total. The van der Waals surface area contributed by atoms with Crippen molar-refractivity contribution in [1.29, 1.82) is 0 Å². The van der Waals surface area contributed by atoms with Crippen LogP contribution in [-0.4, -0.2) is 39.8 Å². The number of allylic oxidation sites excluding steroid dienone is 2. The minimum Gasteiger partial charge on any atom is -0.455 e. The lowest BCUT2D eigenvalue weighted by molar-refractivity contribution is -0.161. The van der Waals surface area contributed by atoms with Crippen LogP contribution < -0.4 is 0 Å². The van der Waals surface area contributed by atoms with E-state index in [2.05, 4.69) is 0 Å². The predicted molar refractivity (Wildman–Crippen MR) is 81.0 cm³/mol. The Hall–Kier alpha value is -1.46. The summed E-state index contributed by atoms with van der Waals surface area (Å²) >= 11 is 0. The average molecular weight is 308 g/mol. The molecule has 0 bridgehead atoms. The Kier molecular flexibility index (Phi) is 4.59. The summed E-state index contributed by atoms with van der Waals surface area (Å²) in [5.74, 6) is -1.83. The molecule has 5 nitrogen and oxygen atoms in total. The Morgan fingerprint density at radius 1 is 1.45 bits per heavy atom. The molecule has 1 heterocycles. The molecule has 0 radical (unpaired) electrons. The zero-order chi connectivity index (χ0) is 16.5. The van der Waals surface area contributed by atoms with Gasteiger partial charge in [0.1, 0.15) is 11.5 Å². The number of esters is 1. The third-order valence-corrected chi connectivity index (χ3v) is 4.82. The van der Waals surface area contributed by atoms with Crippen LogP contribution in [-0.2, 0) is 14.3 Å². The van der Waals surface area contributed by atoms with Crippen LogP contribution in [0.15, 0.2) is 23.3 Å². The third kappa shape index (κ3) is 2.52. The van der Waals surface area contributed by atoms with Gasteiger partial charge in [0, 0.05) is 6.61 Å². The molecule has 3 atom stereocenters. The molecule has 0 unspecified atom stereocenters. The number of cyclic esters (lactones) is 1. The fourth-order valence-electron chi connectivity index (χ4n) is 3.45. The van der Waals surface area contributed by atoms with Crippen molar-refractivity contribution in [2.24, 2.45) is 5.92 Å². The molecule has 2 aliphatic rings. The summed E-state index contributed by atoms with van der Waals surface area (Å²) < 4.78 is 5.40. The molecule has 1 aliphatic heterocycles. The molecule has 1 aliphatic carbocycles. The van der Waals surface area contributed by atoms with E-state index in [-0.39, 0.29) is 6.61 Å². The van der Waals surface area contributed by atoms with Gasteiger partial charge in [-0.2, -0.15) is 0 Å². The third-order valence-electron chi connectivity index (χ3n) is 4.82. The summed E-state index contributed by atoms with van der Waals surface area (Å²) in [5, 5.41) is 19.7. The number of aliphatic hydroxyl groups is 2. The second-order valence-electron chi connectivity index (χ2n) is 6.52. The van der Waals surface area contributed by atoms with E-state index >= 15 is 0 Å². The number of ketones is 1. The molecule has 0 aromatic rings. The van der Waals surface area contributed by atoms with Gasteiger partial charge in [0.25, 0.3) is 0 Å². The van der Waals surface area contributed by atoms with E-state index in [9.17, 15) is 14.7 Å². The zero-order valence-corrected chi connectivity index (χ0v) is 13.4. The van der Waals surface area contributed by atoms with Gasteiger partial charge in [0.15, 0.2) is 11.4 Å². The lowest BCUT2D eigenvalue weighted by Gasteiger charge is -2.35. The Balaban J connectivity index is 2.11. The lowest BCUT2D eigenvalue weighted by atomic mass is 9.74. The maximum Gasteiger partial charge on any atom is 0.317 e. The molecular weight excluding hydrogens is 284 g/mol. The second kappa shape index (κ2) is 5.97. The summed E-state index contributed by atoms with van der Waals surface area (Å²) in [6.45, 7) is 5.43. The van der Waals surface area contributed by atoms with Gasteiger partial charge >= 0.3 is 5.97 Å². The van der Waals surface area contributed by atoms with Crippen molar-refractivity contribution in [2.45, 2.75) is 57.7 Å². The molecule has 0 amide bonds. The van der Waals surface area contributed by atoms with Gasteiger partial charge in [-0.1, -0.05) is 17.2 Å². The largest absolute Gasteiger partial charge is 0.455 e. The van der Waals surface area contributed by atoms with Crippen LogP contribution in [0.3, 0.4) is 0 Å². The van der Waals surface area contributed by atoms with Crippen LogP contribution in [0.25, 0.3) is 0 Å². The first kappa shape index (κ1) is 16.9. The van der Waals surface area contributed by atoms with E-state index in [4.69, 9.17) is 9.84 Å². The first-order chi connectivity index (χ1) is 10.3. The Bertz CT molecular complexity index is 547. The van der Waals surface area contributed by atoms with Gasteiger partial charge in [-0.25, -0.2) is 0 Å². The highest BCUT2D eigenvalue weighted by Gasteiger charge is 2.69. The highest BCUT2D eigenvalue weighted by atomic mass is 16.6. The smallest absolute Gasteiger partial charge is 0.317 e. The standard InChI is InChI=1S/C17H24O5/c1-11(7-5-9-18)6-4-8-16(3)17(21)13(19)10-12(2)14(17)15(20)22-16/h6,10,14,18,21H,4-5,7-9H2,1-3H3/b11-6+/t14-,16-,17+/m1/s1. The van der Waals surface area contributed by atoms with Crippen molar-refractivity contribution >= 4 is 11.8 Å². The summed E-state index contributed by atoms with van der Waals surface area (Å²) in [4.78, 5) is 24.2. The van der Waals surface area contributed by atoms with Crippen LogP contribution >= 0.6 is 0 Å². The van der Waals surface area contributed by atoms with E-state index in [0.29, 0.717) is 24.8 Å². The van der Waals surface area contributed by atoms with Crippen LogP contribution in [0.5, 0.6) is 0 Å². The maximum atomic E-state index is 12.2. The molecule has 2 rings (SSSR count). The number of aliphatic hydroxyl groups excluding tert-OH is 1. The lowest BCUT2D eigenvalue weighted by Crippen LogP contribution is -2.55. The van der Waals surface area contributed by atoms with Gasteiger partial charge in [0.2, 0.25) is 0 Å². The first-order valence-corrected chi connectivity index (χ1v) is 7.70. The van der Waals surface area contributed by atoms with Gasteiger partial charge in [-0.05, 0) is 52.5 Å². The molecule has 122 valence electrons. The quantitative estimate of drug-likeness (QED) is 0.576. The number of hydrogen-bond donors (Lipinski definition) is 2. The number of hydrogen-bond acceptors (Lipinski definition) is 5. The van der Waals surface area contributed by atoms with E-state index < -0.39 is 28.9 Å². The molecule has 0 spiro atoms. The highest BCUT2D eigenvalue weighted by Crippen LogP contribution is 2.50. The molecular formula is C17H24O5. The van der Waals surface area contributed by atoms with Crippen molar-refractivity contribution < 1.29 is 24.5 Å². The molecule has 1 saturated heterocycles. The minimum atomic E-state index is -1.78. The van der Waals surface area contributed by atoms with Crippen LogP contribution in [0, 0.1) is 5.92 Å². The van der Waals surface area contributed by atoms with Crippen LogP contribution in [0.2, 0.25) is 0 Å². The van der Waals surface area contributed by atoms with Crippen molar-refractivity contribution in [3.63, 3.8) is 0 Å². The molecule has 22 heavy (non-hydrogen) atoms.